The van der Waals surface area contributed by atoms with Crippen LogP contribution in [0.3, 0.4) is 0 Å². The summed E-state index contributed by atoms with van der Waals surface area (Å²) in [5.41, 5.74) is 1.80. The molecule has 1 fully saturated rings. The van der Waals surface area contributed by atoms with Gasteiger partial charge in [-0.1, -0.05) is 22.9 Å². The number of halogens is 1. The van der Waals surface area contributed by atoms with E-state index in [1.807, 2.05) is 12.1 Å². The van der Waals surface area contributed by atoms with E-state index in [4.69, 9.17) is 16.3 Å². The average Bonchev–Trinajstić information content (AvgIpc) is 3.17. The fraction of sp³-hybridized carbons (Fsp3) is 0.429. The van der Waals surface area contributed by atoms with Crippen LogP contribution < -0.4 is 10.5 Å². The zero-order chi connectivity index (χ0) is 22.0. The van der Waals surface area contributed by atoms with E-state index in [0.29, 0.717) is 47.7 Å². The van der Waals surface area contributed by atoms with Gasteiger partial charge in [0.15, 0.2) is 5.13 Å². The number of carbonyl (C=O) groups is 1. The summed E-state index contributed by atoms with van der Waals surface area (Å²) in [4.78, 5) is 38.7. The second kappa shape index (κ2) is 9.44. The van der Waals surface area contributed by atoms with Gasteiger partial charge in [-0.15, -0.1) is 0 Å². The highest BCUT2D eigenvalue weighted by Gasteiger charge is 2.22. The normalized spacial score (nSPS) is 14.8. The number of ether oxygens (including phenoxy) is 1. The molecule has 0 spiro atoms. The largest absolute Gasteiger partial charge is 0.379 e. The zero-order valence-electron chi connectivity index (χ0n) is 17.5. The topological polar surface area (TPSA) is 80.6 Å². The number of hydrogen-bond donors (Lipinski definition) is 0. The summed E-state index contributed by atoms with van der Waals surface area (Å²) >= 11 is 7.54. The highest BCUT2D eigenvalue weighted by molar-refractivity contribution is 7.22. The average molecular weight is 462 g/mol. The lowest BCUT2D eigenvalue weighted by Crippen LogP contribution is -2.44. The van der Waals surface area contributed by atoms with Gasteiger partial charge in [-0.3, -0.25) is 24.0 Å². The minimum Gasteiger partial charge on any atom is -0.379 e. The lowest BCUT2D eigenvalue weighted by atomic mass is 10.3. The predicted octanol–water partition coefficient (Wildman–Crippen LogP) is 2.49. The Morgan fingerprint density at radius 3 is 2.84 bits per heavy atom. The van der Waals surface area contributed by atoms with Crippen LogP contribution in [0.4, 0.5) is 5.13 Å². The molecule has 0 atom stereocenters. The maximum atomic E-state index is 13.3. The van der Waals surface area contributed by atoms with Crippen molar-refractivity contribution >= 4 is 44.2 Å². The first-order valence-electron chi connectivity index (χ1n) is 10.1. The molecule has 1 amide bonds. The van der Waals surface area contributed by atoms with Crippen molar-refractivity contribution in [3.05, 3.63) is 51.2 Å². The highest BCUT2D eigenvalue weighted by atomic mass is 35.5. The molecule has 0 saturated carbocycles. The van der Waals surface area contributed by atoms with Crippen LogP contribution >= 0.6 is 22.9 Å². The van der Waals surface area contributed by atoms with Gasteiger partial charge in [0.25, 0.3) is 5.56 Å². The van der Waals surface area contributed by atoms with Crippen molar-refractivity contribution < 1.29 is 9.53 Å². The first kappa shape index (κ1) is 21.9. The second-order valence-electron chi connectivity index (χ2n) is 7.50. The molecule has 0 radical (unpaired) electrons. The van der Waals surface area contributed by atoms with E-state index < -0.39 is 0 Å². The summed E-state index contributed by atoms with van der Waals surface area (Å²) in [7, 11) is 0. The number of hydrogen-bond acceptors (Lipinski definition) is 7. The third-order valence-electron chi connectivity index (χ3n) is 5.44. The molecule has 0 aliphatic carbocycles. The first-order valence-corrected chi connectivity index (χ1v) is 11.3. The molecule has 1 saturated heterocycles. The quantitative estimate of drug-likeness (QED) is 0.561. The third-order valence-corrected chi connectivity index (χ3v) is 6.71. The minimum absolute atomic E-state index is 0.0905. The summed E-state index contributed by atoms with van der Waals surface area (Å²) in [6.45, 7) is 7.63. The number of nitrogens with zero attached hydrogens (tertiary/aromatic N) is 5. The van der Waals surface area contributed by atoms with Gasteiger partial charge in [0, 0.05) is 42.5 Å². The Kier molecular flexibility index (Phi) is 6.66. The van der Waals surface area contributed by atoms with Crippen LogP contribution in [0.25, 0.3) is 10.2 Å². The van der Waals surface area contributed by atoms with Crippen molar-refractivity contribution in [2.24, 2.45) is 0 Å². The number of fused-ring (bicyclic) bond motifs is 1. The Bertz CT molecular complexity index is 1160. The van der Waals surface area contributed by atoms with Crippen molar-refractivity contribution in [1.82, 2.24) is 19.4 Å². The van der Waals surface area contributed by atoms with Crippen molar-refractivity contribution in [3.8, 4) is 0 Å². The molecule has 4 rings (SSSR count). The summed E-state index contributed by atoms with van der Waals surface area (Å²) in [6.07, 6.45) is 1.43. The Balaban J connectivity index is 1.61. The maximum absolute atomic E-state index is 13.3. The van der Waals surface area contributed by atoms with Crippen LogP contribution in [-0.4, -0.2) is 64.7 Å². The molecule has 164 valence electrons. The highest BCUT2D eigenvalue weighted by Crippen LogP contribution is 2.31. The van der Waals surface area contributed by atoms with Crippen molar-refractivity contribution in [3.63, 3.8) is 0 Å². The number of benzene rings is 1. The number of aromatic nitrogens is 3. The molecule has 10 heteroatoms. The smallest absolute Gasteiger partial charge is 0.256 e. The Hall–Kier alpha value is -2.33. The Morgan fingerprint density at radius 2 is 2.06 bits per heavy atom. The van der Waals surface area contributed by atoms with Crippen LogP contribution in [0.15, 0.2) is 29.3 Å². The summed E-state index contributed by atoms with van der Waals surface area (Å²) in [5.74, 6) is -0.203. The van der Waals surface area contributed by atoms with Gasteiger partial charge in [-0.05, 0) is 32.0 Å². The van der Waals surface area contributed by atoms with Gasteiger partial charge >= 0.3 is 0 Å². The second-order valence-corrected chi connectivity index (χ2v) is 8.94. The van der Waals surface area contributed by atoms with Crippen LogP contribution in [-0.2, 0) is 16.1 Å². The van der Waals surface area contributed by atoms with Gasteiger partial charge in [0.1, 0.15) is 6.54 Å². The molecule has 8 nitrogen and oxygen atoms in total. The van der Waals surface area contributed by atoms with E-state index in [2.05, 4.69) is 14.9 Å². The number of morpholine rings is 1. The van der Waals surface area contributed by atoms with Crippen molar-refractivity contribution in [2.45, 2.75) is 20.4 Å². The summed E-state index contributed by atoms with van der Waals surface area (Å²) in [6, 6.07) is 5.48. The molecular formula is C21H24ClN5O3S. The van der Waals surface area contributed by atoms with Crippen LogP contribution in [0.2, 0.25) is 5.02 Å². The molecular weight excluding hydrogens is 438 g/mol. The van der Waals surface area contributed by atoms with E-state index in [9.17, 15) is 9.59 Å². The lowest BCUT2D eigenvalue weighted by molar-refractivity contribution is -0.119. The van der Waals surface area contributed by atoms with E-state index in [-0.39, 0.29) is 18.0 Å². The summed E-state index contributed by atoms with van der Waals surface area (Å²) in [5, 5.41) is 1.22. The Labute approximate surface area is 189 Å². The summed E-state index contributed by atoms with van der Waals surface area (Å²) < 4.78 is 7.68. The standard InChI is InChI=1S/C21H24ClN5O3S/c1-14-15(2)23-13-26(20(14)29)12-19(28)27(6-5-25-7-9-30-10-8-25)21-24-17-4-3-16(22)11-18(17)31-21/h3-4,11,13H,5-10,12H2,1-2H3. The van der Waals surface area contributed by atoms with E-state index in [1.165, 1.54) is 22.2 Å². The molecule has 0 unspecified atom stereocenters. The van der Waals surface area contributed by atoms with E-state index in [1.54, 1.807) is 24.8 Å². The number of anilines is 1. The van der Waals surface area contributed by atoms with Crippen LogP contribution in [0.5, 0.6) is 0 Å². The van der Waals surface area contributed by atoms with Gasteiger partial charge in [-0.25, -0.2) is 9.97 Å². The molecule has 3 aromatic rings. The fourth-order valence-electron chi connectivity index (χ4n) is 3.41. The van der Waals surface area contributed by atoms with E-state index in [0.717, 1.165) is 23.3 Å². The van der Waals surface area contributed by atoms with Crippen LogP contribution in [0, 0.1) is 13.8 Å². The molecule has 31 heavy (non-hydrogen) atoms. The molecule has 2 aromatic heterocycles. The van der Waals surface area contributed by atoms with Gasteiger partial charge in [0.05, 0.1) is 29.8 Å². The maximum Gasteiger partial charge on any atom is 0.256 e. The van der Waals surface area contributed by atoms with Gasteiger partial charge < -0.3 is 4.74 Å². The van der Waals surface area contributed by atoms with E-state index >= 15 is 0 Å². The molecule has 1 aliphatic rings. The molecule has 3 heterocycles. The number of rotatable bonds is 6. The fourth-order valence-corrected chi connectivity index (χ4v) is 4.70. The zero-order valence-corrected chi connectivity index (χ0v) is 19.1. The monoisotopic (exact) mass is 461 g/mol. The predicted molar refractivity (Wildman–Crippen MR) is 122 cm³/mol. The minimum atomic E-state index is -0.204. The van der Waals surface area contributed by atoms with Crippen molar-refractivity contribution in [2.75, 3.05) is 44.3 Å². The molecule has 1 aliphatic heterocycles. The number of thiazole rings is 1. The Morgan fingerprint density at radius 1 is 1.29 bits per heavy atom. The molecule has 1 aromatic carbocycles. The molecule has 0 bridgehead atoms. The third kappa shape index (κ3) is 4.95. The van der Waals surface area contributed by atoms with Crippen LogP contribution in [0.1, 0.15) is 11.3 Å². The number of aryl methyl sites for hydroxylation is 1. The first-order chi connectivity index (χ1) is 14.9. The van der Waals surface area contributed by atoms with Gasteiger partial charge in [0.2, 0.25) is 5.91 Å². The van der Waals surface area contributed by atoms with Crippen molar-refractivity contribution in [1.29, 1.82) is 0 Å². The lowest BCUT2D eigenvalue weighted by Gasteiger charge is -2.29. The number of amides is 1. The molecule has 0 N–H and O–H groups in total. The SMILES string of the molecule is Cc1ncn(CC(=O)N(CCN2CCOCC2)c2nc3ccc(Cl)cc3s2)c(=O)c1C. The van der Waals surface area contributed by atoms with Gasteiger partial charge in [-0.2, -0.15) is 0 Å². The number of carbonyl (C=O) groups excluding carboxylic acids is 1.